The van der Waals surface area contributed by atoms with Gasteiger partial charge in [0.05, 0.1) is 17.0 Å². The highest BCUT2D eigenvalue weighted by Gasteiger charge is 2.48. The van der Waals surface area contributed by atoms with E-state index in [0.717, 1.165) is 23.9 Å². The molecule has 0 saturated carbocycles. The summed E-state index contributed by atoms with van der Waals surface area (Å²) in [6.45, 7) is 6.17. The summed E-state index contributed by atoms with van der Waals surface area (Å²) in [5, 5.41) is 2.55. The van der Waals surface area contributed by atoms with Crippen LogP contribution in [0.15, 0.2) is 17.0 Å². The number of nitrogens with zero attached hydrogens (tertiary/aromatic N) is 2. The predicted octanol–water partition coefficient (Wildman–Crippen LogP) is 3.91. The molecule has 0 spiro atoms. The summed E-state index contributed by atoms with van der Waals surface area (Å²) in [5.41, 5.74) is -0.507. The molecular weight excluding hydrogens is 376 g/mol. The Morgan fingerprint density at radius 3 is 2.19 bits per heavy atom. The number of hydrogen-bond donors (Lipinski definition) is 1. The molecule has 2 fully saturated rings. The number of amides is 3. The molecule has 3 rings (SSSR count). The Bertz CT molecular complexity index is 746. The fraction of sp³-hybridized carbons (Fsp3) is 0.556. The molecule has 0 aliphatic carbocycles. The van der Waals surface area contributed by atoms with Crippen LogP contribution in [0.1, 0.15) is 27.2 Å². The van der Waals surface area contributed by atoms with Gasteiger partial charge in [-0.1, -0.05) is 0 Å². The number of hydrogen-bond acceptors (Lipinski definition) is 4. The van der Waals surface area contributed by atoms with Gasteiger partial charge in [0.25, 0.3) is 0 Å². The lowest BCUT2D eigenvalue weighted by atomic mass is 10.2. The molecule has 2 heterocycles. The zero-order chi connectivity index (χ0) is 19.9. The number of ether oxygens (including phenoxy) is 1. The summed E-state index contributed by atoms with van der Waals surface area (Å²) in [6, 6.07) is 1.54. The molecule has 3 amide bonds. The smallest absolute Gasteiger partial charge is 0.410 e. The average molecular weight is 399 g/mol. The number of carbonyl (C=O) groups is 2. The maximum Gasteiger partial charge on any atom is 0.410 e. The topological polar surface area (TPSA) is 61.9 Å². The number of urea groups is 1. The highest BCUT2D eigenvalue weighted by Crippen LogP contribution is 2.33. The average Bonchev–Trinajstić information content (AvgIpc) is 3.13. The van der Waals surface area contributed by atoms with Crippen LogP contribution in [0.25, 0.3) is 0 Å². The number of thioether (sulfide) groups is 1. The van der Waals surface area contributed by atoms with Gasteiger partial charge in [0, 0.05) is 18.8 Å². The van der Waals surface area contributed by atoms with Crippen LogP contribution in [0.3, 0.4) is 0 Å². The molecule has 0 unspecified atom stereocenters. The summed E-state index contributed by atoms with van der Waals surface area (Å²) in [5.74, 6) is -1.42. The standard InChI is InChI=1S/C18H23F2N3O3S/c1-18(2,3)26-17(25)23-9-11-7-12(23)8-22(11)16(24)21-10-5-13(19)15(27-4)14(20)6-10/h5-6,11-12H,7-9H2,1-4H3,(H,21,24)/t11-,12-/m0/s1. The SMILES string of the molecule is CSc1c(F)cc(NC(=O)N2C[C@@H]3C[C@H]2CN3C(=O)OC(C)(C)C)cc1F. The second-order valence-electron chi connectivity index (χ2n) is 7.73. The zero-order valence-electron chi connectivity index (χ0n) is 15.7. The number of nitrogens with one attached hydrogen (secondary N) is 1. The van der Waals surface area contributed by atoms with Crippen LogP contribution < -0.4 is 5.32 Å². The molecule has 2 aliphatic heterocycles. The van der Waals surface area contributed by atoms with Crippen molar-refractivity contribution in [2.24, 2.45) is 0 Å². The highest BCUT2D eigenvalue weighted by atomic mass is 32.2. The fourth-order valence-electron chi connectivity index (χ4n) is 3.48. The van der Waals surface area contributed by atoms with E-state index < -0.39 is 23.3 Å². The van der Waals surface area contributed by atoms with Crippen molar-refractivity contribution < 1.29 is 23.1 Å². The quantitative estimate of drug-likeness (QED) is 0.766. The van der Waals surface area contributed by atoms with Crippen molar-refractivity contribution in [1.82, 2.24) is 9.80 Å². The van der Waals surface area contributed by atoms with E-state index >= 15 is 0 Å². The van der Waals surface area contributed by atoms with Gasteiger partial charge in [-0.15, -0.1) is 11.8 Å². The number of fused-ring (bicyclic) bond motifs is 2. The normalized spacial score (nSPS) is 21.6. The Labute approximate surface area is 161 Å². The molecule has 1 N–H and O–H groups in total. The summed E-state index contributed by atoms with van der Waals surface area (Å²) < 4.78 is 33.2. The highest BCUT2D eigenvalue weighted by molar-refractivity contribution is 7.98. The maximum absolute atomic E-state index is 13.9. The third-order valence-electron chi connectivity index (χ3n) is 4.58. The second kappa shape index (κ2) is 7.18. The molecule has 0 aromatic heterocycles. The predicted molar refractivity (Wildman–Crippen MR) is 99.0 cm³/mol. The molecule has 2 atom stereocenters. The molecule has 1 aromatic carbocycles. The van der Waals surface area contributed by atoms with Crippen molar-refractivity contribution >= 4 is 29.6 Å². The molecule has 0 radical (unpaired) electrons. The third kappa shape index (κ3) is 4.12. The summed E-state index contributed by atoms with van der Waals surface area (Å²) in [7, 11) is 0. The lowest BCUT2D eigenvalue weighted by molar-refractivity contribution is 0.0156. The number of likely N-dealkylation sites (tertiary alicyclic amines) is 2. The first-order valence-corrected chi connectivity index (χ1v) is 9.92. The van der Waals surface area contributed by atoms with Gasteiger partial charge in [-0.3, -0.25) is 0 Å². The van der Waals surface area contributed by atoms with Crippen molar-refractivity contribution in [2.75, 3.05) is 24.7 Å². The van der Waals surface area contributed by atoms with Crippen molar-refractivity contribution in [1.29, 1.82) is 0 Å². The number of anilines is 1. The molecule has 2 bridgehead atoms. The first-order valence-electron chi connectivity index (χ1n) is 8.69. The van der Waals surface area contributed by atoms with E-state index in [4.69, 9.17) is 4.74 Å². The Balaban J connectivity index is 1.62. The minimum atomic E-state index is -0.711. The number of piperazine rings is 1. The number of rotatable bonds is 2. The Morgan fingerprint density at radius 2 is 1.70 bits per heavy atom. The van der Waals surface area contributed by atoms with Crippen LogP contribution in [0.4, 0.5) is 24.1 Å². The lowest BCUT2D eigenvalue weighted by Gasteiger charge is -2.35. The Morgan fingerprint density at radius 1 is 1.15 bits per heavy atom. The van der Waals surface area contributed by atoms with E-state index in [1.165, 1.54) is 0 Å². The minimum absolute atomic E-state index is 0.0690. The van der Waals surface area contributed by atoms with Gasteiger partial charge in [0.2, 0.25) is 0 Å². The Kier molecular flexibility index (Phi) is 5.24. The fourth-order valence-corrected chi connectivity index (χ4v) is 3.99. The molecular formula is C18H23F2N3O3S. The van der Waals surface area contributed by atoms with Crippen molar-refractivity contribution in [2.45, 2.75) is 49.8 Å². The number of halogens is 2. The van der Waals surface area contributed by atoms with E-state index in [-0.39, 0.29) is 28.8 Å². The first kappa shape index (κ1) is 19.7. The second-order valence-corrected chi connectivity index (χ2v) is 8.55. The van der Waals surface area contributed by atoms with Gasteiger partial charge in [-0.05, 0) is 45.6 Å². The van der Waals surface area contributed by atoms with E-state index in [0.29, 0.717) is 19.5 Å². The monoisotopic (exact) mass is 399 g/mol. The van der Waals surface area contributed by atoms with Crippen molar-refractivity contribution in [3.05, 3.63) is 23.8 Å². The van der Waals surface area contributed by atoms with Crippen LogP contribution in [-0.2, 0) is 4.74 Å². The van der Waals surface area contributed by atoms with E-state index in [2.05, 4.69) is 5.32 Å². The molecule has 148 valence electrons. The first-order chi connectivity index (χ1) is 12.6. The van der Waals surface area contributed by atoms with E-state index in [9.17, 15) is 18.4 Å². The third-order valence-corrected chi connectivity index (χ3v) is 5.38. The van der Waals surface area contributed by atoms with Gasteiger partial charge in [0.1, 0.15) is 17.2 Å². The molecule has 6 nitrogen and oxygen atoms in total. The van der Waals surface area contributed by atoms with Crippen LogP contribution in [0, 0.1) is 11.6 Å². The summed E-state index contributed by atoms with van der Waals surface area (Å²) >= 11 is 0.969. The van der Waals surface area contributed by atoms with Gasteiger partial charge in [-0.2, -0.15) is 0 Å². The largest absolute Gasteiger partial charge is 0.444 e. The van der Waals surface area contributed by atoms with E-state index in [1.807, 2.05) is 0 Å². The van der Waals surface area contributed by atoms with Gasteiger partial charge in [-0.25, -0.2) is 18.4 Å². The lowest BCUT2D eigenvalue weighted by Crippen LogP contribution is -2.52. The minimum Gasteiger partial charge on any atom is -0.444 e. The van der Waals surface area contributed by atoms with E-state index in [1.54, 1.807) is 36.8 Å². The zero-order valence-corrected chi connectivity index (χ0v) is 16.5. The molecule has 9 heteroatoms. The van der Waals surface area contributed by atoms with Gasteiger partial charge in [0.15, 0.2) is 0 Å². The van der Waals surface area contributed by atoms with Gasteiger partial charge < -0.3 is 19.9 Å². The number of carbonyl (C=O) groups excluding carboxylic acids is 2. The van der Waals surface area contributed by atoms with Crippen LogP contribution in [0.5, 0.6) is 0 Å². The van der Waals surface area contributed by atoms with Crippen molar-refractivity contribution in [3.63, 3.8) is 0 Å². The molecule has 27 heavy (non-hydrogen) atoms. The van der Waals surface area contributed by atoms with Crippen LogP contribution in [-0.4, -0.2) is 59.0 Å². The molecule has 2 aliphatic rings. The maximum atomic E-state index is 13.9. The van der Waals surface area contributed by atoms with Crippen molar-refractivity contribution in [3.8, 4) is 0 Å². The Hall–Kier alpha value is -2.03. The van der Waals surface area contributed by atoms with Gasteiger partial charge >= 0.3 is 12.1 Å². The van der Waals surface area contributed by atoms with Crippen LogP contribution in [0.2, 0.25) is 0 Å². The van der Waals surface area contributed by atoms with Crippen LogP contribution >= 0.6 is 11.8 Å². The summed E-state index contributed by atoms with van der Waals surface area (Å²) in [4.78, 5) is 27.9. The molecule has 1 aromatic rings. The number of benzene rings is 1. The molecule has 2 saturated heterocycles. The summed E-state index contributed by atoms with van der Waals surface area (Å²) in [6.07, 6.45) is 1.87.